The van der Waals surface area contributed by atoms with E-state index in [1.54, 1.807) is 152 Å². The quantitative estimate of drug-likeness (QED) is 0.157. The first-order valence-electron chi connectivity index (χ1n) is 14.4. The van der Waals surface area contributed by atoms with E-state index in [1.165, 1.54) is 0 Å². The van der Waals surface area contributed by atoms with Crippen LogP contribution in [0.25, 0.3) is 0 Å². The highest BCUT2D eigenvalue weighted by Gasteiger charge is 2.48. The van der Waals surface area contributed by atoms with E-state index in [4.69, 9.17) is 0 Å². The standard InChI is InChI=1S/C40H26O5/c41-36(26-16-6-1-7-17-26)31-32(37(42)27-18-8-2-9-19-27)34(39(44)29-22-12-4-13-23-29)35(40(45)30-24-14-5-15-25-30)33(31)38(43)28-20-10-3-11-21-28/h1-25,31H. The maximum atomic E-state index is 14.6. The number of ketones is 5. The van der Waals surface area contributed by atoms with E-state index in [-0.39, 0.29) is 50.1 Å². The van der Waals surface area contributed by atoms with E-state index in [1.807, 2.05) is 0 Å². The third-order valence-electron chi connectivity index (χ3n) is 7.77. The fourth-order valence-electron chi connectivity index (χ4n) is 5.65. The van der Waals surface area contributed by atoms with E-state index in [2.05, 4.69) is 0 Å². The molecule has 0 amide bonds. The Balaban J connectivity index is 1.73. The zero-order chi connectivity index (χ0) is 31.3. The van der Waals surface area contributed by atoms with Crippen molar-refractivity contribution < 1.29 is 24.0 Å². The van der Waals surface area contributed by atoms with Gasteiger partial charge in [-0.05, 0) is 0 Å². The van der Waals surface area contributed by atoms with Crippen LogP contribution in [-0.2, 0) is 0 Å². The first-order valence-corrected chi connectivity index (χ1v) is 14.4. The molecule has 0 saturated carbocycles. The minimum atomic E-state index is -1.52. The predicted octanol–water partition coefficient (Wildman–Crippen LogP) is 7.62. The van der Waals surface area contributed by atoms with Crippen LogP contribution >= 0.6 is 0 Å². The number of hydrogen-bond acceptors (Lipinski definition) is 5. The first kappa shape index (κ1) is 29.0. The normalized spacial score (nSPS) is 13.1. The van der Waals surface area contributed by atoms with Crippen LogP contribution in [0.1, 0.15) is 51.8 Å². The lowest BCUT2D eigenvalue weighted by atomic mass is 9.80. The summed E-state index contributed by atoms with van der Waals surface area (Å²) in [6, 6.07) is 41.3. The van der Waals surface area contributed by atoms with Gasteiger partial charge in [0.15, 0.2) is 28.9 Å². The average molecular weight is 587 g/mol. The van der Waals surface area contributed by atoms with Crippen LogP contribution < -0.4 is 0 Å². The van der Waals surface area contributed by atoms with E-state index in [0.29, 0.717) is 0 Å². The maximum absolute atomic E-state index is 14.6. The molecule has 0 saturated heterocycles. The van der Waals surface area contributed by atoms with Crippen molar-refractivity contribution >= 4 is 28.9 Å². The van der Waals surface area contributed by atoms with Crippen molar-refractivity contribution in [1.29, 1.82) is 0 Å². The Morgan fingerprint density at radius 3 is 0.844 bits per heavy atom. The molecule has 0 atom stereocenters. The van der Waals surface area contributed by atoms with Crippen LogP contribution in [0, 0.1) is 5.92 Å². The molecule has 0 N–H and O–H groups in total. The smallest absolute Gasteiger partial charge is 0.194 e. The monoisotopic (exact) mass is 586 g/mol. The van der Waals surface area contributed by atoms with Crippen LogP contribution in [0.5, 0.6) is 0 Å². The van der Waals surface area contributed by atoms with Crippen molar-refractivity contribution in [1.82, 2.24) is 0 Å². The van der Waals surface area contributed by atoms with Gasteiger partial charge >= 0.3 is 0 Å². The molecule has 0 bridgehead atoms. The van der Waals surface area contributed by atoms with Gasteiger partial charge in [-0.3, -0.25) is 24.0 Å². The Morgan fingerprint density at radius 1 is 0.311 bits per heavy atom. The van der Waals surface area contributed by atoms with Crippen molar-refractivity contribution in [3.63, 3.8) is 0 Å². The van der Waals surface area contributed by atoms with Crippen molar-refractivity contribution in [3.8, 4) is 0 Å². The predicted molar refractivity (Wildman–Crippen MR) is 171 cm³/mol. The molecule has 0 aliphatic heterocycles. The first-order chi connectivity index (χ1) is 22.0. The summed E-state index contributed by atoms with van der Waals surface area (Å²) in [5, 5.41) is 0. The molecule has 1 aliphatic rings. The molecule has 0 aromatic heterocycles. The molecular weight excluding hydrogens is 560 g/mol. The molecule has 5 aromatic rings. The topological polar surface area (TPSA) is 85.3 Å². The third-order valence-corrected chi connectivity index (χ3v) is 7.77. The van der Waals surface area contributed by atoms with Crippen LogP contribution in [0.2, 0.25) is 0 Å². The van der Waals surface area contributed by atoms with Crippen molar-refractivity contribution in [2.24, 2.45) is 5.92 Å². The van der Waals surface area contributed by atoms with E-state index in [0.717, 1.165) is 0 Å². The molecule has 0 radical (unpaired) electrons. The van der Waals surface area contributed by atoms with Crippen molar-refractivity contribution in [3.05, 3.63) is 202 Å². The zero-order valence-electron chi connectivity index (χ0n) is 24.1. The zero-order valence-corrected chi connectivity index (χ0v) is 24.1. The van der Waals surface area contributed by atoms with E-state index in [9.17, 15) is 24.0 Å². The summed E-state index contributed by atoms with van der Waals surface area (Å²) in [6.07, 6.45) is 0. The molecule has 0 spiro atoms. The van der Waals surface area contributed by atoms with Gasteiger partial charge in [-0.25, -0.2) is 0 Å². The van der Waals surface area contributed by atoms with Crippen LogP contribution in [-0.4, -0.2) is 28.9 Å². The van der Waals surface area contributed by atoms with Gasteiger partial charge in [0.25, 0.3) is 0 Å². The Morgan fingerprint density at radius 2 is 0.556 bits per heavy atom. The number of Topliss-reactive ketones (excluding diaryl/α,β-unsaturated/α-hetero) is 5. The van der Waals surface area contributed by atoms with Crippen LogP contribution in [0.4, 0.5) is 0 Å². The third kappa shape index (κ3) is 5.55. The van der Waals surface area contributed by atoms with Gasteiger partial charge in [0.05, 0.1) is 5.92 Å². The van der Waals surface area contributed by atoms with Crippen LogP contribution in [0.15, 0.2) is 174 Å². The molecule has 0 heterocycles. The Bertz CT molecular complexity index is 1870. The summed E-state index contributed by atoms with van der Waals surface area (Å²) < 4.78 is 0. The highest BCUT2D eigenvalue weighted by Crippen LogP contribution is 2.45. The number of carbonyl (C=O) groups excluding carboxylic acids is 5. The SMILES string of the molecule is O=C(C1=C(C(=O)c2ccccc2)C(C(=O)c2ccccc2)C(C(=O)c2ccccc2)=C1C(=O)c1ccccc1)c1ccccc1. The maximum Gasteiger partial charge on any atom is 0.194 e. The fourth-order valence-corrected chi connectivity index (χ4v) is 5.65. The highest BCUT2D eigenvalue weighted by atomic mass is 16.2. The molecular formula is C40H26O5. The van der Waals surface area contributed by atoms with Crippen molar-refractivity contribution in [2.45, 2.75) is 0 Å². The lowest BCUT2D eigenvalue weighted by Gasteiger charge is -2.18. The summed E-state index contributed by atoms with van der Waals surface area (Å²) in [4.78, 5) is 72.7. The van der Waals surface area contributed by atoms with E-state index < -0.39 is 34.8 Å². The fraction of sp³-hybridized carbons (Fsp3) is 0.0250. The summed E-state index contributed by atoms with van der Waals surface area (Å²) in [5.74, 6) is -4.56. The molecule has 0 fully saturated rings. The molecule has 5 aromatic carbocycles. The number of carbonyl (C=O) groups is 5. The number of rotatable bonds is 10. The number of hydrogen-bond donors (Lipinski definition) is 0. The molecule has 5 heteroatoms. The van der Waals surface area contributed by atoms with Gasteiger partial charge in [-0.15, -0.1) is 0 Å². The van der Waals surface area contributed by atoms with Gasteiger partial charge in [-0.2, -0.15) is 0 Å². The molecule has 5 nitrogen and oxygen atoms in total. The average Bonchev–Trinajstić information content (AvgIpc) is 3.47. The summed E-state index contributed by atoms with van der Waals surface area (Å²) in [7, 11) is 0. The molecule has 6 rings (SSSR count). The van der Waals surface area contributed by atoms with Gasteiger partial charge in [0.2, 0.25) is 0 Å². The Kier molecular flexibility index (Phi) is 8.16. The second-order valence-electron chi connectivity index (χ2n) is 10.5. The van der Waals surface area contributed by atoms with E-state index >= 15 is 0 Å². The lowest BCUT2D eigenvalue weighted by molar-refractivity contribution is 0.0901. The number of benzene rings is 5. The minimum absolute atomic E-state index is 0.192. The number of allylic oxidation sites excluding steroid dienone is 4. The molecule has 0 unspecified atom stereocenters. The van der Waals surface area contributed by atoms with Crippen LogP contribution in [0.3, 0.4) is 0 Å². The summed E-state index contributed by atoms with van der Waals surface area (Å²) in [5.41, 5.74) is 0.236. The highest BCUT2D eigenvalue weighted by molar-refractivity contribution is 6.35. The molecule has 1 aliphatic carbocycles. The van der Waals surface area contributed by atoms with Gasteiger partial charge in [0, 0.05) is 50.1 Å². The summed E-state index contributed by atoms with van der Waals surface area (Å²) >= 11 is 0. The second kappa shape index (κ2) is 12.7. The lowest BCUT2D eigenvalue weighted by Crippen LogP contribution is -2.26. The van der Waals surface area contributed by atoms with Gasteiger partial charge < -0.3 is 0 Å². The second-order valence-corrected chi connectivity index (χ2v) is 10.5. The minimum Gasteiger partial charge on any atom is -0.293 e. The van der Waals surface area contributed by atoms with Crippen molar-refractivity contribution in [2.75, 3.05) is 0 Å². The molecule has 216 valence electrons. The Labute approximate surface area is 260 Å². The molecule has 45 heavy (non-hydrogen) atoms. The van der Waals surface area contributed by atoms with Gasteiger partial charge in [-0.1, -0.05) is 152 Å². The largest absolute Gasteiger partial charge is 0.293 e. The summed E-state index contributed by atoms with van der Waals surface area (Å²) in [6.45, 7) is 0. The Hall–Kier alpha value is -6.07. The van der Waals surface area contributed by atoms with Gasteiger partial charge in [0.1, 0.15) is 0 Å².